The SMILES string of the molecule is COC(=O)C1CCN(C(=O)CCCOc2ccc(C(C)(C)C)cc2)CC1. The molecule has 1 aromatic carbocycles. The zero-order chi connectivity index (χ0) is 19.2. The Bertz CT molecular complexity index is 595. The Morgan fingerprint density at radius 1 is 1.12 bits per heavy atom. The number of methoxy groups -OCH3 is 1. The van der Waals surface area contributed by atoms with E-state index in [1.807, 2.05) is 17.0 Å². The first-order valence-corrected chi connectivity index (χ1v) is 9.40. The van der Waals surface area contributed by atoms with Gasteiger partial charge in [-0.3, -0.25) is 9.59 Å². The molecule has 1 aliphatic heterocycles. The summed E-state index contributed by atoms with van der Waals surface area (Å²) in [5.41, 5.74) is 1.40. The molecular weight excluding hydrogens is 330 g/mol. The van der Waals surface area contributed by atoms with Gasteiger partial charge in [0.15, 0.2) is 0 Å². The quantitative estimate of drug-likeness (QED) is 0.574. The van der Waals surface area contributed by atoms with E-state index in [0.717, 1.165) is 5.75 Å². The largest absolute Gasteiger partial charge is 0.494 e. The lowest BCUT2D eigenvalue weighted by Crippen LogP contribution is -2.40. The number of carbonyl (C=O) groups is 2. The molecular formula is C21H31NO4. The molecule has 1 saturated heterocycles. The van der Waals surface area contributed by atoms with Gasteiger partial charge >= 0.3 is 5.97 Å². The molecule has 0 saturated carbocycles. The van der Waals surface area contributed by atoms with E-state index < -0.39 is 0 Å². The van der Waals surface area contributed by atoms with Crippen molar-refractivity contribution in [3.05, 3.63) is 29.8 Å². The Balaban J connectivity index is 1.67. The van der Waals surface area contributed by atoms with Crippen molar-refractivity contribution in [2.45, 2.75) is 51.9 Å². The van der Waals surface area contributed by atoms with Gasteiger partial charge in [0.2, 0.25) is 5.91 Å². The minimum Gasteiger partial charge on any atom is -0.494 e. The molecule has 26 heavy (non-hydrogen) atoms. The number of amides is 1. The summed E-state index contributed by atoms with van der Waals surface area (Å²) in [7, 11) is 1.41. The molecule has 1 fully saturated rings. The molecule has 1 aliphatic rings. The molecule has 144 valence electrons. The highest BCUT2D eigenvalue weighted by Gasteiger charge is 2.27. The smallest absolute Gasteiger partial charge is 0.308 e. The van der Waals surface area contributed by atoms with Gasteiger partial charge in [-0.2, -0.15) is 0 Å². The van der Waals surface area contributed by atoms with Crippen molar-refractivity contribution in [2.75, 3.05) is 26.8 Å². The Morgan fingerprint density at radius 2 is 1.73 bits per heavy atom. The maximum atomic E-state index is 12.3. The van der Waals surface area contributed by atoms with Crippen LogP contribution in [-0.4, -0.2) is 43.6 Å². The number of ether oxygens (including phenoxy) is 2. The van der Waals surface area contributed by atoms with Crippen LogP contribution < -0.4 is 4.74 Å². The summed E-state index contributed by atoms with van der Waals surface area (Å²) in [6.45, 7) is 8.34. The molecule has 1 heterocycles. The van der Waals surface area contributed by atoms with E-state index in [9.17, 15) is 9.59 Å². The van der Waals surface area contributed by atoms with Crippen molar-refractivity contribution in [1.29, 1.82) is 0 Å². The van der Waals surface area contributed by atoms with Crippen LogP contribution in [-0.2, 0) is 19.7 Å². The minimum atomic E-state index is -0.164. The lowest BCUT2D eigenvalue weighted by molar-refractivity contribution is -0.148. The number of rotatable bonds is 6. The van der Waals surface area contributed by atoms with Crippen LogP contribution in [0, 0.1) is 5.92 Å². The fourth-order valence-electron chi connectivity index (χ4n) is 3.15. The highest BCUT2D eigenvalue weighted by Crippen LogP contribution is 2.24. The number of benzene rings is 1. The van der Waals surface area contributed by atoms with E-state index in [0.29, 0.717) is 45.4 Å². The third-order valence-corrected chi connectivity index (χ3v) is 4.91. The fraction of sp³-hybridized carbons (Fsp3) is 0.619. The van der Waals surface area contributed by atoms with Crippen LogP contribution in [0.5, 0.6) is 5.75 Å². The zero-order valence-corrected chi connectivity index (χ0v) is 16.4. The van der Waals surface area contributed by atoms with E-state index in [-0.39, 0.29) is 23.2 Å². The molecule has 0 aliphatic carbocycles. The Labute approximate surface area is 156 Å². The first kappa shape index (κ1) is 20.3. The van der Waals surface area contributed by atoms with Gasteiger partial charge in [-0.1, -0.05) is 32.9 Å². The van der Waals surface area contributed by atoms with Gasteiger partial charge in [0.05, 0.1) is 19.6 Å². The lowest BCUT2D eigenvalue weighted by atomic mass is 9.87. The average Bonchev–Trinajstić information content (AvgIpc) is 2.64. The van der Waals surface area contributed by atoms with Gasteiger partial charge in [0.1, 0.15) is 5.75 Å². The van der Waals surface area contributed by atoms with Crippen LogP contribution in [0.1, 0.15) is 52.0 Å². The van der Waals surface area contributed by atoms with Crippen LogP contribution in [0.25, 0.3) is 0 Å². The molecule has 2 rings (SSSR count). The van der Waals surface area contributed by atoms with Crippen molar-refractivity contribution >= 4 is 11.9 Å². The molecule has 0 aromatic heterocycles. The zero-order valence-electron chi connectivity index (χ0n) is 16.4. The Hall–Kier alpha value is -2.04. The van der Waals surface area contributed by atoms with Crippen molar-refractivity contribution in [2.24, 2.45) is 5.92 Å². The van der Waals surface area contributed by atoms with Crippen LogP contribution in [0.15, 0.2) is 24.3 Å². The molecule has 0 radical (unpaired) electrons. The van der Waals surface area contributed by atoms with Crippen molar-refractivity contribution in [3.63, 3.8) is 0 Å². The highest BCUT2D eigenvalue weighted by molar-refractivity contribution is 5.77. The van der Waals surface area contributed by atoms with Gasteiger partial charge in [0.25, 0.3) is 0 Å². The van der Waals surface area contributed by atoms with E-state index in [4.69, 9.17) is 9.47 Å². The number of hydrogen-bond acceptors (Lipinski definition) is 4. The van der Waals surface area contributed by atoms with Gasteiger partial charge in [-0.25, -0.2) is 0 Å². The normalized spacial score (nSPS) is 15.6. The first-order valence-electron chi connectivity index (χ1n) is 9.40. The van der Waals surface area contributed by atoms with Crippen LogP contribution >= 0.6 is 0 Å². The molecule has 5 nitrogen and oxygen atoms in total. The highest BCUT2D eigenvalue weighted by atomic mass is 16.5. The summed E-state index contributed by atoms with van der Waals surface area (Å²) in [6.07, 6.45) is 2.55. The predicted octanol–water partition coefficient (Wildman–Crippen LogP) is 3.55. The van der Waals surface area contributed by atoms with Crippen molar-refractivity contribution < 1.29 is 19.1 Å². The van der Waals surface area contributed by atoms with E-state index >= 15 is 0 Å². The minimum absolute atomic E-state index is 0.0662. The second-order valence-corrected chi connectivity index (χ2v) is 7.90. The van der Waals surface area contributed by atoms with Gasteiger partial charge in [-0.15, -0.1) is 0 Å². The summed E-state index contributed by atoms with van der Waals surface area (Å²) in [6, 6.07) is 8.15. The lowest BCUT2D eigenvalue weighted by Gasteiger charge is -2.30. The summed E-state index contributed by atoms with van der Waals surface area (Å²) in [5, 5.41) is 0. The summed E-state index contributed by atoms with van der Waals surface area (Å²) >= 11 is 0. The summed E-state index contributed by atoms with van der Waals surface area (Å²) < 4.78 is 10.5. The summed E-state index contributed by atoms with van der Waals surface area (Å²) in [4.78, 5) is 25.6. The number of piperidine rings is 1. The van der Waals surface area contributed by atoms with Crippen LogP contribution in [0.2, 0.25) is 0 Å². The second kappa shape index (κ2) is 9.06. The van der Waals surface area contributed by atoms with E-state index in [1.54, 1.807) is 0 Å². The number of likely N-dealkylation sites (tertiary alicyclic amines) is 1. The van der Waals surface area contributed by atoms with Crippen molar-refractivity contribution in [3.8, 4) is 5.75 Å². The predicted molar refractivity (Wildman–Crippen MR) is 101 cm³/mol. The number of nitrogens with zero attached hydrogens (tertiary/aromatic N) is 1. The van der Waals surface area contributed by atoms with Gasteiger partial charge in [0, 0.05) is 19.5 Å². The average molecular weight is 361 g/mol. The molecule has 1 aromatic rings. The third-order valence-electron chi connectivity index (χ3n) is 4.91. The maximum absolute atomic E-state index is 12.3. The number of esters is 1. The topological polar surface area (TPSA) is 55.8 Å². The third kappa shape index (κ3) is 5.75. The summed E-state index contributed by atoms with van der Waals surface area (Å²) in [5.74, 6) is 0.746. The van der Waals surface area contributed by atoms with Crippen LogP contribution in [0.4, 0.5) is 0 Å². The molecule has 0 unspecified atom stereocenters. The van der Waals surface area contributed by atoms with Gasteiger partial charge < -0.3 is 14.4 Å². The van der Waals surface area contributed by atoms with Gasteiger partial charge in [-0.05, 0) is 42.4 Å². The molecule has 0 spiro atoms. The Kier molecular flexibility index (Phi) is 7.06. The monoisotopic (exact) mass is 361 g/mol. The maximum Gasteiger partial charge on any atom is 0.308 e. The standard InChI is InChI=1S/C21H31NO4/c1-21(2,3)17-7-9-18(10-8-17)26-15-5-6-19(23)22-13-11-16(12-14-22)20(24)25-4/h7-10,16H,5-6,11-15H2,1-4H3. The number of carbonyl (C=O) groups excluding carboxylic acids is 2. The molecule has 0 N–H and O–H groups in total. The van der Waals surface area contributed by atoms with Crippen LogP contribution in [0.3, 0.4) is 0 Å². The molecule has 1 amide bonds. The van der Waals surface area contributed by atoms with E-state index in [2.05, 4.69) is 32.9 Å². The second-order valence-electron chi connectivity index (χ2n) is 7.90. The molecule has 0 atom stereocenters. The first-order chi connectivity index (χ1) is 12.3. The molecule has 0 bridgehead atoms. The molecule has 5 heteroatoms. The number of hydrogen-bond donors (Lipinski definition) is 0. The Morgan fingerprint density at radius 3 is 2.27 bits per heavy atom. The van der Waals surface area contributed by atoms with E-state index in [1.165, 1.54) is 12.7 Å². The fourth-order valence-corrected chi connectivity index (χ4v) is 3.15. The van der Waals surface area contributed by atoms with Crippen molar-refractivity contribution in [1.82, 2.24) is 4.90 Å².